The van der Waals surface area contributed by atoms with E-state index in [1.54, 1.807) is 20.2 Å². The van der Waals surface area contributed by atoms with Crippen LogP contribution in [0.2, 0.25) is 0 Å². The minimum atomic E-state index is 0.137. The molecule has 1 atom stereocenters. The van der Waals surface area contributed by atoms with Crippen molar-refractivity contribution in [3.8, 4) is 0 Å². The normalized spacial score (nSPS) is 17.5. The molecule has 7 heteroatoms. The third-order valence-corrected chi connectivity index (χ3v) is 4.18. The summed E-state index contributed by atoms with van der Waals surface area (Å²) < 4.78 is 5.53. The van der Waals surface area contributed by atoms with Gasteiger partial charge in [-0.25, -0.2) is 0 Å². The van der Waals surface area contributed by atoms with Crippen LogP contribution in [0.15, 0.2) is 27.8 Å². The Morgan fingerprint density at radius 1 is 1.35 bits per heavy atom. The summed E-state index contributed by atoms with van der Waals surface area (Å²) >= 11 is 0. The number of hydrogen-bond acceptors (Lipinski definition) is 4. The Bertz CT molecular complexity index is 519. The number of nitrogens with one attached hydrogen (secondary N) is 1. The number of likely N-dealkylation sites (N-methyl/N-ethyl adjacent to an activating group) is 1. The fourth-order valence-corrected chi connectivity index (χ4v) is 2.77. The molecule has 0 bridgehead atoms. The lowest BCUT2D eigenvalue weighted by atomic mass is 10.2. The molecule has 1 N–H and O–H groups in total. The summed E-state index contributed by atoms with van der Waals surface area (Å²) in [5.41, 5.74) is 0. The smallest absolute Gasteiger partial charge is 0.219 e. The molecule has 0 aromatic carbocycles. The summed E-state index contributed by atoms with van der Waals surface area (Å²) in [6, 6.07) is 4.03. The number of carbonyl (C=O) groups is 1. The molecule has 1 aromatic rings. The van der Waals surface area contributed by atoms with Crippen molar-refractivity contribution in [3.05, 3.63) is 24.2 Å². The maximum Gasteiger partial charge on any atom is 0.219 e. The zero-order valence-corrected chi connectivity index (χ0v) is 14.5. The first-order valence-corrected chi connectivity index (χ1v) is 7.94. The monoisotopic (exact) mass is 321 g/mol. The summed E-state index contributed by atoms with van der Waals surface area (Å²) in [5, 5.41) is 3.42. The fourth-order valence-electron chi connectivity index (χ4n) is 2.77. The van der Waals surface area contributed by atoms with E-state index in [0.29, 0.717) is 6.54 Å². The average Bonchev–Trinajstić information content (AvgIpc) is 3.05. The Labute approximate surface area is 137 Å². The SMILES string of the molecule is CN=C(NCC(c1ccco1)N(C)C)N1CCN(C(C)=O)CC1. The highest BCUT2D eigenvalue weighted by Crippen LogP contribution is 2.17. The second kappa shape index (κ2) is 8.01. The molecular weight excluding hydrogens is 294 g/mol. The highest BCUT2D eigenvalue weighted by molar-refractivity contribution is 5.80. The van der Waals surface area contributed by atoms with Gasteiger partial charge < -0.3 is 19.5 Å². The molecule has 23 heavy (non-hydrogen) atoms. The van der Waals surface area contributed by atoms with Crippen LogP contribution >= 0.6 is 0 Å². The number of aliphatic imine (C=N–C) groups is 1. The maximum absolute atomic E-state index is 11.4. The minimum Gasteiger partial charge on any atom is -0.468 e. The van der Waals surface area contributed by atoms with Gasteiger partial charge in [-0.3, -0.25) is 14.7 Å². The van der Waals surface area contributed by atoms with Crippen LogP contribution in [0.4, 0.5) is 0 Å². The predicted molar refractivity (Wildman–Crippen MR) is 90.3 cm³/mol. The summed E-state index contributed by atoms with van der Waals surface area (Å²) in [5.74, 6) is 1.93. The van der Waals surface area contributed by atoms with Gasteiger partial charge in [0, 0.05) is 46.7 Å². The molecule has 2 heterocycles. The first-order chi connectivity index (χ1) is 11.0. The van der Waals surface area contributed by atoms with Gasteiger partial charge in [-0.15, -0.1) is 0 Å². The quantitative estimate of drug-likeness (QED) is 0.651. The Kier molecular flexibility index (Phi) is 6.04. The van der Waals surface area contributed by atoms with Crippen LogP contribution in [0, 0.1) is 0 Å². The van der Waals surface area contributed by atoms with Gasteiger partial charge in [-0.1, -0.05) is 0 Å². The number of nitrogens with zero attached hydrogens (tertiary/aromatic N) is 4. The molecule has 1 fully saturated rings. The topological polar surface area (TPSA) is 64.3 Å². The van der Waals surface area contributed by atoms with Gasteiger partial charge in [0.1, 0.15) is 5.76 Å². The summed E-state index contributed by atoms with van der Waals surface area (Å²) in [6.45, 7) is 5.41. The van der Waals surface area contributed by atoms with E-state index in [9.17, 15) is 4.79 Å². The largest absolute Gasteiger partial charge is 0.468 e. The summed E-state index contributed by atoms with van der Waals surface area (Å²) in [4.78, 5) is 22.0. The maximum atomic E-state index is 11.4. The van der Waals surface area contributed by atoms with Crippen molar-refractivity contribution in [1.82, 2.24) is 20.0 Å². The molecule has 1 aliphatic rings. The van der Waals surface area contributed by atoms with E-state index in [2.05, 4.69) is 20.1 Å². The van der Waals surface area contributed by atoms with Crippen LogP contribution in [0.1, 0.15) is 18.7 Å². The van der Waals surface area contributed by atoms with E-state index in [0.717, 1.165) is 37.9 Å². The highest BCUT2D eigenvalue weighted by atomic mass is 16.3. The van der Waals surface area contributed by atoms with E-state index < -0.39 is 0 Å². The van der Waals surface area contributed by atoms with Gasteiger partial charge in [0.05, 0.1) is 12.3 Å². The summed E-state index contributed by atoms with van der Waals surface area (Å²) in [7, 11) is 5.85. The zero-order valence-electron chi connectivity index (χ0n) is 14.5. The Morgan fingerprint density at radius 2 is 2.00 bits per heavy atom. The molecule has 7 nitrogen and oxygen atoms in total. The molecule has 0 saturated carbocycles. The van der Waals surface area contributed by atoms with E-state index in [4.69, 9.17) is 4.42 Å². The van der Waals surface area contributed by atoms with Crippen LogP contribution in [0.5, 0.6) is 0 Å². The van der Waals surface area contributed by atoms with Crippen molar-refractivity contribution in [1.29, 1.82) is 0 Å². The molecule has 128 valence electrons. The molecule has 1 saturated heterocycles. The van der Waals surface area contributed by atoms with Crippen LogP contribution < -0.4 is 5.32 Å². The molecule has 0 radical (unpaired) electrons. The highest BCUT2D eigenvalue weighted by Gasteiger charge is 2.23. The van der Waals surface area contributed by atoms with Crippen LogP contribution in [-0.2, 0) is 4.79 Å². The van der Waals surface area contributed by atoms with E-state index in [1.165, 1.54) is 0 Å². The van der Waals surface area contributed by atoms with Crippen molar-refractivity contribution in [2.45, 2.75) is 13.0 Å². The first-order valence-electron chi connectivity index (χ1n) is 7.94. The summed E-state index contributed by atoms with van der Waals surface area (Å²) in [6.07, 6.45) is 1.70. The second-order valence-corrected chi connectivity index (χ2v) is 5.92. The Balaban J connectivity index is 1.91. The molecule has 1 amide bonds. The molecule has 1 aliphatic heterocycles. The van der Waals surface area contributed by atoms with Gasteiger partial charge in [0.25, 0.3) is 0 Å². The molecule has 1 aromatic heterocycles. The lowest BCUT2D eigenvalue weighted by molar-refractivity contribution is -0.130. The number of carbonyl (C=O) groups excluding carboxylic acids is 1. The predicted octanol–water partition coefficient (Wildman–Crippen LogP) is 0.622. The van der Waals surface area contributed by atoms with Gasteiger partial charge >= 0.3 is 0 Å². The van der Waals surface area contributed by atoms with E-state index in [1.807, 2.05) is 31.1 Å². The molecule has 0 spiro atoms. The average molecular weight is 321 g/mol. The van der Waals surface area contributed by atoms with Crippen LogP contribution in [-0.4, -0.2) is 80.4 Å². The standard InChI is InChI=1S/C16H27N5O2/c1-13(22)20-7-9-21(10-8-20)16(17-2)18-12-14(19(3)4)15-6-5-11-23-15/h5-6,11,14H,7-10,12H2,1-4H3,(H,17,18). The van der Waals surface area contributed by atoms with Crippen LogP contribution in [0.3, 0.4) is 0 Å². The number of piperazine rings is 1. The third kappa shape index (κ3) is 4.48. The second-order valence-electron chi connectivity index (χ2n) is 5.92. The fraction of sp³-hybridized carbons (Fsp3) is 0.625. The molecule has 0 aliphatic carbocycles. The molecule has 1 unspecified atom stereocenters. The van der Waals surface area contributed by atoms with Gasteiger partial charge in [0.15, 0.2) is 5.96 Å². The number of guanidine groups is 1. The van der Waals surface area contributed by atoms with Gasteiger partial charge in [0.2, 0.25) is 5.91 Å². The number of furan rings is 1. The van der Waals surface area contributed by atoms with Crippen molar-refractivity contribution in [2.24, 2.45) is 4.99 Å². The van der Waals surface area contributed by atoms with Crippen molar-refractivity contribution in [2.75, 3.05) is 53.9 Å². The van der Waals surface area contributed by atoms with Gasteiger partial charge in [-0.2, -0.15) is 0 Å². The lowest BCUT2D eigenvalue weighted by Crippen LogP contribution is -2.54. The van der Waals surface area contributed by atoms with Crippen molar-refractivity contribution >= 4 is 11.9 Å². The van der Waals surface area contributed by atoms with Gasteiger partial charge in [-0.05, 0) is 26.2 Å². The van der Waals surface area contributed by atoms with Crippen LogP contribution in [0.25, 0.3) is 0 Å². The number of amides is 1. The number of hydrogen-bond donors (Lipinski definition) is 1. The van der Waals surface area contributed by atoms with Crippen molar-refractivity contribution < 1.29 is 9.21 Å². The van der Waals surface area contributed by atoms with E-state index in [-0.39, 0.29) is 11.9 Å². The lowest BCUT2D eigenvalue weighted by Gasteiger charge is -2.36. The minimum absolute atomic E-state index is 0.137. The zero-order chi connectivity index (χ0) is 16.8. The van der Waals surface area contributed by atoms with Crippen molar-refractivity contribution in [3.63, 3.8) is 0 Å². The van der Waals surface area contributed by atoms with E-state index >= 15 is 0 Å². The Hall–Kier alpha value is -2.02. The third-order valence-electron chi connectivity index (χ3n) is 4.18. The molecule has 2 rings (SSSR count). The number of rotatable bonds is 4. The Morgan fingerprint density at radius 3 is 2.48 bits per heavy atom. The molecular formula is C16H27N5O2. The first kappa shape index (κ1) is 17.3.